The monoisotopic (exact) mass is 394 g/mol. The molecule has 0 aliphatic rings. The Bertz CT molecular complexity index is 1420. The number of nitrogens with one attached hydrogen (secondary N) is 1. The van der Waals surface area contributed by atoms with Crippen molar-refractivity contribution >= 4 is 38.3 Å². The van der Waals surface area contributed by atoms with Crippen LogP contribution in [0, 0.1) is 0 Å². The number of nitrogens with zero attached hydrogens (tertiary/aromatic N) is 1. The van der Waals surface area contributed by atoms with Gasteiger partial charge in [0.2, 0.25) is 0 Å². The summed E-state index contributed by atoms with van der Waals surface area (Å²) in [5.41, 5.74) is 2.08. The maximum absolute atomic E-state index is 13.0. The second kappa shape index (κ2) is 7.64. The minimum absolute atomic E-state index is 0.362. The Morgan fingerprint density at radius 2 is 1.70 bits per heavy atom. The van der Waals surface area contributed by atoms with Crippen LogP contribution in [0.5, 0.6) is 0 Å². The molecule has 0 aliphatic carbocycles. The zero-order chi connectivity index (χ0) is 20.5. The van der Waals surface area contributed by atoms with Crippen LogP contribution in [0.3, 0.4) is 0 Å². The third kappa shape index (κ3) is 3.11. The van der Waals surface area contributed by atoms with E-state index in [2.05, 4.69) is 24.4 Å². The minimum Gasteiger partial charge on any atom is -0.422 e. The molecule has 0 atom stereocenters. The van der Waals surface area contributed by atoms with Gasteiger partial charge in [-0.1, -0.05) is 74.0 Å². The van der Waals surface area contributed by atoms with Crippen molar-refractivity contribution in [3.8, 4) is 11.3 Å². The topological polar surface area (TPSA) is 55.1 Å². The number of aromatic nitrogens is 1. The molecule has 0 aliphatic heterocycles. The molecule has 0 saturated heterocycles. The number of unbranched alkanes of at least 4 members (excludes halogenated alkanes) is 1. The highest BCUT2D eigenvalue weighted by atomic mass is 16.4. The van der Waals surface area contributed by atoms with Crippen LogP contribution >= 0.6 is 0 Å². The Hall–Kier alpha value is -3.66. The minimum atomic E-state index is -0.362. The first kappa shape index (κ1) is 18.4. The molecule has 30 heavy (non-hydrogen) atoms. The molecule has 0 radical (unpaired) electrons. The van der Waals surface area contributed by atoms with Crippen molar-refractivity contribution < 1.29 is 4.42 Å². The fourth-order valence-corrected chi connectivity index (χ4v) is 3.98. The summed E-state index contributed by atoms with van der Waals surface area (Å²) in [6.45, 7) is 2.89. The Balaban J connectivity index is 1.91. The fourth-order valence-electron chi connectivity index (χ4n) is 3.98. The van der Waals surface area contributed by atoms with Crippen LogP contribution in [-0.2, 0) is 0 Å². The summed E-state index contributed by atoms with van der Waals surface area (Å²) in [4.78, 5) is 17.8. The van der Waals surface area contributed by atoms with Crippen LogP contribution in [0.2, 0.25) is 0 Å². The van der Waals surface area contributed by atoms with Crippen molar-refractivity contribution in [2.45, 2.75) is 19.8 Å². The van der Waals surface area contributed by atoms with E-state index >= 15 is 0 Å². The zero-order valence-electron chi connectivity index (χ0n) is 16.8. The van der Waals surface area contributed by atoms with E-state index in [0.717, 1.165) is 52.2 Å². The van der Waals surface area contributed by atoms with Gasteiger partial charge < -0.3 is 9.73 Å². The summed E-state index contributed by atoms with van der Waals surface area (Å²) < 4.78 is 5.74. The van der Waals surface area contributed by atoms with E-state index in [4.69, 9.17) is 9.40 Å². The molecular formula is C26H22N2O2. The van der Waals surface area contributed by atoms with Gasteiger partial charge in [-0.15, -0.1) is 0 Å². The zero-order valence-corrected chi connectivity index (χ0v) is 16.8. The first-order valence-electron chi connectivity index (χ1n) is 10.3. The predicted molar refractivity (Wildman–Crippen MR) is 124 cm³/mol. The highest BCUT2D eigenvalue weighted by Crippen LogP contribution is 2.34. The number of fused-ring (bicyclic) bond motifs is 5. The van der Waals surface area contributed by atoms with Crippen molar-refractivity contribution in [2.24, 2.45) is 0 Å². The molecule has 0 saturated carbocycles. The molecule has 0 spiro atoms. The van der Waals surface area contributed by atoms with E-state index in [1.165, 1.54) is 0 Å². The Kier molecular flexibility index (Phi) is 4.68. The molecular weight excluding hydrogens is 372 g/mol. The highest BCUT2D eigenvalue weighted by Gasteiger charge is 2.17. The molecule has 148 valence electrons. The van der Waals surface area contributed by atoms with Gasteiger partial charge in [0.25, 0.3) is 0 Å². The van der Waals surface area contributed by atoms with E-state index in [-0.39, 0.29) is 5.63 Å². The standard InChI is InChI=1S/C26H22N2O2/c1-2-3-15-27-25-24-20(16-21(28-25)18-10-5-4-6-11-18)23-19-12-8-7-9-17(19)13-14-22(23)30-26(24)29/h4-14,16H,2-3,15H2,1H3,(H,27,28). The smallest absolute Gasteiger partial charge is 0.347 e. The average molecular weight is 394 g/mol. The van der Waals surface area contributed by atoms with Gasteiger partial charge in [-0.2, -0.15) is 0 Å². The molecule has 1 N–H and O–H groups in total. The van der Waals surface area contributed by atoms with Crippen LogP contribution in [0.15, 0.2) is 82.0 Å². The van der Waals surface area contributed by atoms with Crippen molar-refractivity contribution in [2.75, 3.05) is 11.9 Å². The third-order valence-electron chi connectivity index (χ3n) is 5.48. The van der Waals surface area contributed by atoms with Gasteiger partial charge in [-0.3, -0.25) is 0 Å². The molecule has 0 fully saturated rings. The summed E-state index contributed by atoms with van der Waals surface area (Å²) in [5, 5.41) is 7.88. The maximum Gasteiger partial charge on any atom is 0.347 e. The molecule has 2 aromatic heterocycles. The van der Waals surface area contributed by atoms with Crippen molar-refractivity contribution in [3.05, 3.63) is 83.2 Å². The van der Waals surface area contributed by atoms with Gasteiger partial charge in [0.15, 0.2) is 0 Å². The highest BCUT2D eigenvalue weighted by molar-refractivity contribution is 6.20. The maximum atomic E-state index is 13.0. The lowest BCUT2D eigenvalue weighted by Crippen LogP contribution is -2.10. The second-order valence-electron chi connectivity index (χ2n) is 7.47. The first-order valence-corrected chi connectivity index (χ1v) is 10.3. The Labute approximate surface area is 174 Å². The van der Waals surface area contributed by atoms with E-state index in [0.29, 0.717) is 16.8 Å². The van der Waals surface area contributed by atoms with Crippen LogP contribution in [0.4, 0.5) is 5.82 Å². The lowest BCUT2D eigenvalue weighted by atomic mass is 9.99. The van der Waals surface area contributed by atoms with E-state index in [9.17, 15) is 4.79 Å². The lowest BCUT2D eigenvalue weighted by molar-refractivity contribution is 0.570. The number of anilines is 1. The third-order valence-corrected chi connectivity index (χ3v) is 5.48. The summed E-state index contributed by atoms with van der Waals surface area (Å²) >= 11 is 0. The van der Waals surface area contributed by atoms with Crippen molar-refractivity contribution in [1.82, 2.24) is 4.98 Å². The average Bonchev–Trinajstić information content (AvgIpc) is 2.79. The SMILES string of the molecule is CCCCNc1nc(-c2ccccc2)cc2c1c(=O)oc1ccc3ccccc3c12. The number of rotatable bonds is 5. The van der Waals surface area contributed by atoms with Crippen molar-refractivity contribution in [3.63, 3.8) is 0 Å². The Morgan fingerprint density at radius 1 is 0.900 bits per heavy atom. The van der Waals surface area contributed by atoms with Crippen LogP contribution in [0.1, 0.15) is 19.8 Å². The summed E-state index contributed by atoms with van der Waals surface area (Å²) in [6, 6.07) is 24.1. The number of benzene rings is 3. The molecule has 5 aromatic rings. The van der Waals surface area contributed by atoms with Crippen LogP contribution in [-0.4, -0.2) is 11.5 Å². The van der Waals surface area contributed by atoms with Crippen LogP contribution in [0.25, 0.3) is 43.8 Å². The van der Waals surface area contributed by atoms with E-state index in [1.54, 1.807) is 0 Å². The quantitative estimate of drug-likeness (QED) is 0.214. The number of hydrogen-bond donors (Lipinski definition) is 1. The molecule has 5 rings (SSSR count). The number of hydrogen-bond acceptors (Lipinski definition) is 4. The largest absolute Gasteiger partial charge is 0.422 e. The molecule has 3 aromatic carbocycles. The number of pyridine rings is 1. The van der Waals surface area contributed by atoms with Gasteiger partial charge in [0, 0.05) is 22.9 Å². The fraction of sp³-hybridized carbons (Fsp3) is 0.154. The van der Waals surface area contributed by atoms with Crippen LogP contribution < -0.4 is 10.9 Å². The normalized spacial score (nSPS) is 11.4. The second-order valence-corrected chi connectivity index (χ2v) is 7.47. The van der Waals surface area contributed by atoms with Crippen molar-refractivity contribution in [1.29, 1.82) is 0 Å². The Morgan fingerprint density at radius 3 is 2.53 bits per heavy atom. The van der Waals surface area contributed by atoms with Gasteiger partial charge in [-0.05, 0) is 29.3 Å². The van der Waals surface area contributed by atoms with Gasteiger partial charge in [0.1, 0.15) is 16.8 Å². The summed E-state index contributed by atoms with van der Waals surface area (Å²) in [6.07, 6.45) is 2.06. The predicted octanol–water partition coefficient (Wildman–Crippen LogP) is 6.37. The van der Waals surface area contributed by atoms with Gasteiger partial charge in [-0.25, -0.2) is 9.78 Å². The summed E-state index contributed by atoms with van der Waals surface area (Å²) in [5.74, 6) is 0.586. The van der Waals surface area contributed by atoms with E-state index < -0.39 is 0 Å². The van der Waals surface area contributed by atoms with Gasteiger partial charge >= 0.3 is 5.63 Å². The molecule has 4 heteroatoms. The van der Waals surface area contributed by atoms with Gasteiger partial charge in [0.05, 0.1) is 5.69 Å². The molecule has 2 heterocycles. The molecule has 0 unspecified atom stereocenters. The molecule has 0 bridgehead atoms. The lowest BCUT2D eigenvalue weighted by Gasteiger charge is -2.13. The molecule has 0 amide bonds. The summed E-state index contributed by atoms with van der Waals surface area (Å²) in [7, 11) is 0. The van der Waals surface area contributed by atoms with E-state index in [1.807, 2.05) is 60.7 Å². The first-order chi connectivity index (χ1) is 14.8. The molecule has 4 nitrogen and oxygen atoms in total.